The van der Waals surface area contributed by atoms with Gasteiger partial charge in [-0.15, -0.1) is 24.0 Å². The van der Waals surface area contributed by atoms with E-state index in [0.29, 0.717) is 12.6 Å². The Labute approximate surface area is 149 Å². The van der Waals surface area contributed by atoms with Crippen molar-refractivity contribution in [1.82, 2.24) is 10.6 Å². The summed E-state index contributed by atoms with van der Waals surface area (Å²) in [6, 6.07) is 5.71. The van der Waals surface area contributed by atoms with Crippen LogP contribution in [0, 0.1) is 0 Å². The van der Waals surface area contributed by atoms with Gasteiger partial charge in [-0.3, -0.25) is 0 Å². The topological polar surface area (TPSA) is 65.9 Å². The number of guanidine groups is 1. The van der Waals surface area contributed by atoms with E-state index in [4.69, 9.17) is 4.74 Å². The smallest absolute Gasteiger partial charge is 0.191 e. The molecule has 0 bridgehead atoms. The predicted octanol–water partition coefficient (Wildman–Crippen LogP) is 3.02. The molecule has 2 rings (SSSR count). The fourth-order valence-corrected chi connectivity index (χ4v) is 2.56. The van der Waals surface area contributed by atoms with Gasteiger partial charge in [0.25, 0.3) is 0 Å². The molecule has 0 spiro atoms. The molecule has 0 atom stereocenters. The van der Waals surface area contributed by atoms with Crippen molar-refractivity contribution in [3.05, 3.63) is 23.8 Å². The minimum atomic E-state index is 0. The van der Waals surface area contributed by atoms with E-state index in [-0.39, 0.29) is 29.7 Å². The lowest BCUT2D eigenvalue weighted by molar-refractivity contribution is 0.411. The van der Waals surface area contributed by atoms with Gasteiger partial charge in [-0.05, 0) is 38.0 Å². The van der Waals surface area contributed by atoms with E-state index < -0.39 is 0 Å². The van der Waals surface area contributed by atoms with Crippen LogP contribution in [0.5, 0.6) is 11.5 Å². The van der Waals surface area contributed by atoms with E-state index in [2.05, 4.69) is 22.5 Å². The molecule has 3 N–H and O–H groups in total. The van der Waals surface area contributed by atoms with Gasteiger partial charge in [0.2, 0.25) is 0 Å². The van der Waals surface area contributed by atoms with Crippen LogP contribution in [0.4, 0.5) is 0 Å². The van der Waals surface area contributed by atoms with Crippen LogP contribution in [0.2, 0.25) is 0 Å². The molecule has 1 aromatic rings. The summed E-state index contributed by atoms with van der Waals surface area (Å²) in [5.41, 5.74) is 0.762. The first-order valence-electron chi connectivity index (χ1n) is 7.63. The minimum absolute atomic E-state index is 0. The first-order chi connectivity index (χ1) is 10.2. The first kappa shape index (κ1) is 18.9. The third kappa shape index (κ3) is 5.55. The molecular weight excluding hydrogens is 393 g/mol. The Morgan fingerprint density at radius 1 is 1.36 bits per heavy atom. The number of benzene rings is 1. The lowest BCUT2D eigenvalue weighted by Gasteiger charge is -2.16. The summed E-state index contributed by atoms with van der Waals surface area (Å²) in [6.07, 6.45) is 4.98. The molecule has 0 amide bonds. The number of ether oxygens (including phenoxy) is 1. The van der Waals surface area contributed by atoms with Crippen molar-refractivity contribution in [2.45, 2.75) is 45.2 Å². The molecule has 0 aromatic heterocycles. The van der Waals surface area contributed by atoms with Gasteiger partial charge in [-0.2, -0.15) is 0 Å². The Morgan fingerprint density at radius 2 is 2.09 bits per heavy atom. The van der Waals surface area contributed by atoms with E-state index in [1.54, 1.807) is 19.2 Å². The average Bonchev–Trinajstić information content (AvgIpc) is 2.99. The van der Waals surface area contributed by atoms with Crippen LogP contribution in [0.15, 0.2) is 23.2 Å². The van der Waals surface area contributed by atoms with Crippen molar-refractivity contribution in [2.75, 3.05) is 13.7 Å². The maximum absolute atomic E-state index is 9.89. The predicted molar refractivity (Wildman–Crippen MR) is 100 cm³/mol. The van der Waals surface area contributed by atoms with Crippen molar-refractivity contribution in [3.63, 3.8) is 0 Å². The number of aliphatic imine (C=N–C) groups is 1. The zero-order valence-electron chi connectivity index (χ0n) is 13.3. The fraction of sp³-hybridized carbons (Fsp3) is 0.562. The normalized spacial score (nSPS) is 15.3. The zero-order chi connectivity index (χ0) is 15.1. The Hall–Kier alpha value is -1.18. The number of aromatic hydroxyl groups is 1. The van der Waals surface area contributed by atoms with Crippen LogP contribution < -0.4 is 15.4 Å². The number of phenols is 1. The molecule has 0 aliphatic heterocycles. The van der Waals surface area contributed by atoms with Gasteiger partial charge in [0.15, 0.2) is 5.96 Å². The Bertz CT molecular complexity index is 488. The van der Waals surface area contributed by atoms with Gasteiger partial charge < -0.3 is 20.5 Å². The molecule has 0 unspecified atom stereocenters. The Kier molecular flexibility index (Phi) is 8.37. The molecule has 0 radical (unpaired) electrons. The van der Waals surface area contributed by atoms with Crippen molar-refractivity contribution in [2.24, 2.45) is 4.99 Å². The van der Waals surface area contributed by atoms with Gasteiger partial charge in [0.1, 0.15) is 11.5 Å². The molecule has 124 valence electrons. The summed E-state index contributed by atoms with van der Waals surface area (Å²) in [5.74, 6) is 1.79. The van der Waals surface area contributed by atoms with Crippen LogP contribution in [-0.2, 0) is 6.54 Å². The summed E-state index contributed by atoms with van der Waals surface area (Å²) in [7, 11) is 1.62. The average molecular weight is 419 g/mol. The van der Waals surface area contributed by atoms with Crippen molar-refractivity contribution < 1.29 is 9.84 Å². The number of halogens is 1. The third-order valence-electron chi connectivity index (χ3n) is 3.73. The molecule has 1 aliphatic carbocycles. The van der Waals surface area contributed by atoms with Gasteiger partial charge in [0, 0.05) is 18.2 Å². The van der Waals surface area contributed by atoms with Crippen molar-refractivity contribution in [1.29, 1.82) is 0 Å². The molecule has 22 heavy (non-hydrogen) atoms. The summed E-state index contributed by atoms with van der Waals surface area (Å²) in [4.78, 5) is 4.56. The number of rotatable bonds is 5. The summed E-state index contributed by atoms with van der Waals surface area (Å²) < 4.78 is 5.18. The van der Waals surface area contributed by atoms with Crippen molar-refractivity contribution in [3.8, 4) is 11.5 Å². The second-order valence-corrected chi connectivity index (χ2v) is 5.32. The number of nitrogens with zero attached hydrogens (tertiary/aromatic N) is 1. The molecule has 5 nitrogen and oxygen atoms in total. The number of hydrogen-bond acceptors (Lipinski definition) is 3. The van der Waals surface area contributed by atoms with E-state index in [1.807, 2.05) is 6.07 Å². The summed E-state index contributed by atoms with van der Waals surface area (Å²) in [6.45, 7) is 3.29. The molecule has 1 fully saturated rings. The fourth-order valence-electron chi connectivity index (χ4n) is 2.56. The second-order valence-electron chi connectivity index (χ2n) is 5.32. The van der Waals surface area contributed by atoms with E-state index >= 15 is 0 Å². The summed E-state index contributed by atoms with van der Waals surface area (Å²) >= 11 is 0. The zero-order valence-corrected chi connectivity index (χ0v) is 15.6. The number of hydrogen-bond donors (Lipinski definition) is 3. The van der Waals surface area contributed by atoms with E-state index in [0.717, 1.165) is 23.8 Å². The van der Waals surface area contributed by atoms with Gasteiger partial charge >= 0.3 is 0 Å². The van der Waals surface area contributed by atoms with E-state index in [1.165, 1.54) is 25.7 Å². The van der Waals surface area contributed by atoms with Gasteiger partial charge in [-0.1, -0.05) is 12.8 Å². The quantitative estimate of drug-likeness (QED) is 0.390. The lowest BCUT2D eigenvalue weighted by Crippen LogP contribution is -2.42. The molecule has 0 heterocycles. The second kappa shape index (κ2) is 9.76. The number of methoxy groups -OCH3 is 1. The van der Waals surface area contributed by atoms with Gasteiger partial charge in [-0.25, -0.2) is 4.99 Å². The van der Waals surface area contributed by atoms with E-state index in [9.17, 15) is 5.11 Å². The maximum atomic E-state index is 9.89. The van der Waals surface area contributed by atoms with Crippen LogP contribution in [-0.4, -0.2) is 30.8 Å². The van der Waals surface area contributed by atoms with Gasteiger partial charge in [0.05, 0.1) is 13.7 Å². The lowest BCUT2D eigenvalue weighted by atomic mass is 10.2. The highest BCUT2D eigenvalue weighted by molar-refractivity contribution is 14.0. The highest BCUT2D eigenvalue weighted by Gasteiger charge is 2.15. The first-order valence-corrected chi connectivity index (χ1v) is 7.63. The molecular formula is C16H26IN3O2. The van der Waals surface area contributed by atoms with Crippen LogP contribution in [0.25, 0.3) is 0 Å². The number of phenolic OH excluding ortho intramolecular Hbond substituents is 1. The van der Waals surface area contributed by atoms with Crippen molar-refractivity contribution >= 4 is 29.9 Å². The van der Waals surface area contributed by atoms with Crippen LogP contribution in [0.3, 0.4) is 0 Å². The SMILES string of the molecule is CCNC(=NCc1cc(OC)ccc1O)NC1CCCC1.I. The third-order valence-corrected chi connectivity index (χ3v) is 3.73. The minimum Gasteiger partial charge on any atom is -0.508 e. The maximum Gasteiger partial charge on any atom is 0.191 e. The Balaban J connectivity index is 0.00000242. The van der Waals surface area contributed by atoms with Crippen LogP contribution >= 0.6 is 24.0 Å². The molecule has 1 aliphatic rings. The monoisotopic (exact) mass is 419 g/mol. The molecule has 1 saturated carbocycles. The molecule has 1 aromatic carbocycles. The number of nitrogens with one attached hydrogen (secondary N) is 2. The highest BCUT2D eigenvalue weighted by Crippen LogP contribution is 2.23. The van der Waals surface area contributed by atoms with Crippen LogP contribution in [0.1, 0.15) is 38.2 Å². The molecule has 6 heteroatoms. The standard InChI is InChI=1S/C16H25N3O2.HI/c1-3-17-16(19-13-6-4-5-7-13)18-11-12-10-14(21-2)8-9-15(12)20;/h8-10,13,20H,3-7,11H2,1-2H3,(H2,17,18,19);1H. The summed E-state index contributed by atoms with van der Waals surface area (Å²) in [5, 5.41) is 16.6. The molecule has 0 saturated heterocycles. The Morgan fingerprint density at radius 3 is 2.73 bits per heavy atom. The largest absolute Gasteiger partial charge is 0.508 e. The highest BCUT2D eigenvalue weighted by atomic mass is 127.